The highest BCUT2D eigenvalue weighted by Gasteiger charge is 2.21. The zero-order valence-electron chi connectivity index (χ0n) is 8.32. The van der Waals surface area contributed by atoms with Crippen molar-refractivity contribution in [2.24, 2.45) is 11.3 Å². The van der Waals surface area contributed by atoms with Gasteiger partial charge in [0, 0.05) is 6.54 Å². The molecule has 0 spiro atoms. The Morgan fingerprint density at radius 1 is 1.25 bits per heavy atom. The molecule has 1 nitrogen and oxygen atoms in total. The van der Waals surface area contributed by atoms with Gasteiger partial charge in [-0.25, -0.2) is 8.78 Å². The second-order valence-electron chi connectivity index (χ2n) is 4.17. The Hall–Kier alpha value is -0.180. The van der Waals surface area contributed by atoms with E-state index in [0.717, 1.165) is 0 Å². The summed E-state index contributed by atoms with van der Waals surface area (Å²) in [6.07, 6.45) is -2.24. The van der Waals surface area contributed by atoms with Gasteiger partial charge in [0.2, 0.25) is 0 Å². The lowest BCUT2D eigenvalue weighted by Gasteiger charge is -2.29. The van der Waals surface area contributed by atoms with E-state index < -0.39 is 6.43 Å². The summed E-state index contributed by atoms with van der Waals surface area (Å²) in [6.45, 7) is 8.81. The molecule has 0 saturated carbocycles. The van der Waals surface area contributed by atoms with Crippen molar-refractivity contribution in [1.82, 2.24) is 5.32 Å². The van der Waals surface area contributed by atoms with Crippen molar-refractivity contribution in [3.8, 4) is 0 Å². The van der Waals surface area contributed by atoms with Crippen LogP contribution < -0.4 is 5.32 Å². The first kappa shape index (κ1) is 11.8. The van der Waals surface area contributed by atoms with Gasteiger partial charge in [0.15, 0.2) is 0 Å². The van der Waals surface area contributed by atoms with Crippen LogP contribution in [0.1, 0.15) is 27.7 Å². The van der Waals surface area contributed by atoms with Crippen LogP contribution in [0.4, 0.5) is 8.78 Å². The summed E-state index contributed by atoms with van der Waals surface area (Å²) in [4.78, 5) is 0. The molecule has 0 aliphatic rings. The van der Waals surface area contributed by atoms with Gasteiger partial charge in [-0.1, -0.05) is 27.7 Å². The molecule has 0 fully saturated rings. The first-order chi connectivity index (χ1) is 5.36. The molecule has 0 atom stereocenters. The van der Waals surface area contributed by atoms with Gasteiger partial charge in [0.05, 0.1) is 6.54 Å². The van der Waals surface area contributed by atoms with Gasteiger partial charge in [-0.15, -0.1) is 0 Å². The minimum Gasteiger partial charge on any atom is -0.311 e. The molecule has 0 radical (unpaired) electrons. The number of halogens is 2. The third-order valence-corrected chi connectivity index (χ3v) is 2.44. The SMILES string of the molecule is CC(C)C(C)(C)CNCC(F)F. The second-order valence-corrected chi connectivity index (χ2v) is 4.17. The molecule has 0 aromatic heterocycles. The van der Waals surface area contributed by atoms with Gasteiger partial charge in [0.1, 0.15) is 0 Å². The largest absolute Gasteiger partial charge is 0.311 e. The zero-order chi connectivity index (χ0) is 9.78. The van der Waals surface area contributed by atoms with Crippen molar-refractivity contribution < 1.29 is 8.78 Å². The van der Waals surface area contributed by atoms with Crippen LogP contribution in [0.5, 0.6) is 0 Å². The molecule has 3 heteroatoms. The second kappa shape index (κ2) is 4.75. The highest BCUT2D eigenvalue weighted by atomic mass is 19.3. The van der Waals surface area contributed by atoms with Crippen LogP contribution in [-0.2, 0) is 0 Å². The number of rotatable bonds is 5. The van der Waals surface area contributed by atoms with Crippen molar-refractivity contribution in [2.45, 2.75) is 34.1 Å². The summed E-state index contributed by atoms with van der Waals surface area (Å²) in [5, 5.41) is 2.76. The van der Waals surface area contributed by atoms with E-state index in [4.69, 9.17) is 0 Å². The summed E-state index contributed by atoms with van der Waals surface area (Å²) in [6, 6.07) is 0. The van der Waals surface area contributed by atoms with Crippen LogP contribution in [-0.4, -0.2) is 19.5 Å². The maximum absolute atomic E-state index is 11.7. The third kappa shape index (κ3) is 4.65. The lowest BCUT2D eigenvalue weighted by molar-refractivity contribution is 0.135. The van der Waals surface area contributed by atoms with E-state index in [0.29, 0.717) is 12.5 Å². The van der Waals surface area contributed by atoms with Crippen LogP contribution in [0.3, 0.4) is 0 Å². The predicted molar refractivity (Wildman–Crippen MR) is 47.5 cm³/mol. The van der Waals surface area contributed by atoms with E-state index in [-0.39, 0.29) is 12.0 Å². The van der Waals surface area contributed by atoms with Crippen LogP contribution in [0.15, 0.2) is 0 Å². The summed E-state index contributed by atoms with van der Waals surface area (Å²) in [7, 11) is 0. The average molecular weight is 179 g/mol. The minimum atomic E-state index is -2.24. The minimum absolute atomic E-state index is 0.0922. The molecular weight excluding hydrogens is 160 g/mol. The van der Waals surface area contributed by atoms with Gasteiger partial charge in [-0.2, -0.15) is 0 Å². The molecule has 0 heterocycles. The van der Waals surface area contributed by atoms with Gasteiger partial charge in [-0.05, 0) is 11.3 Å². The summed E-state index contributed by atoms with van der Waals surface area (Å²) < 4.78 is 23.5. The fraction of sp³-hybridized carbons (Fsp3) is 1.00. The molecule has 0 aliphatic heterocycles. The molecule has 0 amide bonds. The molecule has 0 aromatic carbocycles. The summed E-state index contributed by atoms with van der Waals surface area (Å²) in [5.74, 6) is 0.502. The number of nitrogens with one attached hydrogen (secondary N) is 1. The van der Waals surface area contributed by atoms with Crippen LogP contribution in [0.25, 0.3) is 0 Å². The Kier molecular flexibility index (Phi) is 4.68. The average Bonchev–Trinajstić information content (AvgIpc) is 1.85. The van der Waals surface area contributed by atoms with Crippen molar-refractivity contribution in [2.75, 3.05) is 13.1 Å². The topological polar surface area (TPSA) is 12.0 Å². The van der Waals surface area contributed by atoms with Gasteiger partial charge < -0.3 is 5.32 Å². The Morgan fingerprint density at radius 2 is 1.75 bits per heavy atom. The fourth-order valence-electron chi connectivity index (χ4n) is 0.708. The lowest BCUT2D eigenvalue weighted by atomic mass is 9.81. The smallest absolute Gasteiger partial charge is 0.250 e. The van der Waals surface area contributed by atoms with E-state index in [1.807, 2.05) is 0 Å². The van der Waals surface area contributed by atoms with Gasteiger partial charge in [-0.3, -0.25) is 0 Å². The molecule has 0 saturated heterocycles. The maximum atomic E-state index is 11.7. The molecule has 74 valence electrons. The molecule has 0 aromatic rings. The standard InChI is InChI=1S/C9H19F2N/c1-7(2)9(3,4)6-12-5-8(10)11/h7-8,12H,5-6H2,1-4H3. The molecule has 0 rings (SSSR count). The molecule has 1 N–H and O–H groups in total. The first-order valence-electron chi connectivity index (χ1n) is 4.35. The lowest BCUT2D eigenvalue weighted by Crippen LogP contribution is -2.35. The van der Waals surface area contributed by atoms with Crippen molar-refractivity contribution in [3.05, 3.63) is 0 Å². The highest BCUT2D eigenvalue weighted by Crippen LogP contribution is 2.24. The summed E-state index contributed by atoms with van der Waals surface area (Å²) in [5.41, 5.74) is 0.0922. The molecule has 12 heavy (non-hydrogen) atoms. The zero-order valence-corrected chi connectivity index (χ0v) is 8.32. The Labute approximate surface area is 73.5 Å². The molecular formula is C9H19F2N. The van der Waals surface area contributed by atoms with Crippen LogP contribution in [0, 0.1) is 11.3 Å². The number of hydrogen-bond acceptors (Lipinski definition) is 1. The highest BCUT2D eigenvalue weighted by molar-refractivity contribution is 4.74. The molecule has 0 unspecified atom stereocenters. The molecule has 0 bridgehead atoms. The van der Waals surface area contributed by atoms with Crippen molar-refractivity contribution in [1.29, 1.82) is 0 Å². The van der Waals surface area contributed by atoms with Crippen molar-refractivity contribution in [3.63, 3.8) is 0 Å². The normalized spacial score (nSPS) is 13.0. The Bertz CT molecular complexity index is 122. The molecule has 0 aliphatic carbocycles. The first-order valence-corrected chi connectivity index (χ1v) is 4.35. The Balaban J connectivity index is 3.61. The van der Waals surface area contributed by atoms with Crippen LogP contribution in [0.2, 0.25) is 0 Å². The summed E-state index contributed by atoms with van der Waals surface area (Å²) >= 11 is 0. The van der Waals surface area contributed by atoms with Gasteiger partial charge >= 0.3 is 0 Å². The maximum Gasteiger partial charge on any atom is 0.250 e. The van der Waals surface area contributed by atoms with E-state index in [9.17, 15) is 8.78 Å². The van der Waals surface area contributed by atoms with Crippen molar-refractivity contribution >= 4 is 0 Å². The quantitative estimate of drug-likeness (QED) is 0.683. The van der Waals surface area contributed by atoms with E-state index >= 15 is 0 Å². The monoisotopic (exact) mass is 179 g/mol. The third-order valence-electron chi connectivity index (χ3n) is 2.44. The van der Waals surface area contributed by atoms with Crippen LogP contribution >= 0.6 is 0 Å². The number of hydrogen-bond donors (Lipinski definition) is 1. The fourth-order valence-corrected chi connectivity index (χ4v) is 0.708. The van der Waals surface area contributed by atoms with E-state index in [1.165, 1.54) is 0 Å². The van der Waals surface area contributed by atoms with Gasteiger partial charge in [0.25, 0.3) is 6.43 Å². The Morgan fingerprint density at radius 3 is 2.08 bits per heavy atom. The van der Waals surface area contributed by atoms with E-state index in [2.05, 4.69) is 33.0 Å². The number of alkyl halides is 2. The predicted octanol–water partition coefficient (Wildman–Crippen LogP) is 2.52. The van der Waals surface area contributed by atoms with E-state index in [1.54, 1.807) is 0 Å².